The molecule has 41 heavy (non-hydrogen) atoms. The van der Waals surface area contributed by atoms with Crippen LogP contribution in [0.1, 0.15) is 86.0 Å². The summed E-state index contributed by atoms with van der Waals surface area (Å²) in [6, 6.07) is 1.04. The van der Waals surface area contributed by atoms with Crippen molar-refractivity contribution < 1.29 is 45.0 Å². The topological polar surface area (TPSA) is 47.9 Å². The SMILES string of the molecule is CCCC[Si](C)(CCC(F)(F)F)OC(C)(CC)[Si](C)(CCC(F)(F)F)OC(C)(CCC)[Si](C)(C)CCCOCCO. The normalized spacial score (nSPS) is 19.3. The summed E-state index contributed by atoms with van der Waals surface area (Å²) < 4.78 is 101. The van der Waals surface area contributed by atoms with Crippen molar-refractivity contribution in [3.05, 3.63) is 0 Å². The van der Waals surface area contributed by atoms with E-state index in [2.05, 4.69) is 13.1 Å². The molecule has 4 atom stereocenters. The number of hydrogen-bond acceptors (Lipinski definition) is 4. The molecule has 0 saturated heterocycles. The molecule has 4 unspecified atom stereocenters. The Morgan fingerprint density at radius 3 is 1.66 bits per heavy atom. The molecule has 0 aliphatic carbocycles. The summed E-state index contributed by atoms with van der Waals surface area (Å²) in [6.45, 7) is 18.4. The zero-order chi connectivity index (χ0) is 32.2. The van der Waals surface area contributed by atoms with E-state index in [1.54, 1.807) is 0 Å². The van der Waals surface area contributed by atoms with Gasteiger partial charge in [-0.1, -0.05) is 59.2 Å². The summed E-state index contributed by atoms with van der Waals surface area (Å²) in [4.78, 5) is 0. The maximum Gasteiger partial charge on any atom is 0.388 e. The number of unbranched alkanes of at least 4 members (excludes halogenated alkanes) is 1. The number of rotatable bonds is 22. The molecule has 0 aromatic carbocycles. The lowest BCUT2D eigenvalue weighted by Gasteiger charge is -2.55. The maximum atomic E-state index is 13.7. The second-order valence-electron chi connectivity index (χ2n) is 13.1. The van der Waals surface area contributed by atoms with Crippen LogP contribution in [0.2, 0.25) is 50.4 Å². The first-order valence-electron chi connectivity index (χ1n) is 15.3. The molecule has 0 aromatic rings. The Bertz CT molecular complexity index is 743. The van der Waals surface area contributed by atoms with E-state index in [0.717, 1.165) is 25.3 Å². The molecule has 248 valence electrons. The fourth-order valence-corrected chi connectivity index (χ4v) is 18.6. The van der Waals surface area contributed by atoms with Crippen molar-refractivity contribution in [3.8, 4) is 0 Å². The van der Waals surface area contributed by atoms with E-state index in [-0.39, 0.29) is 25.3 Å². The van der Waals surface area contributed by atoms with Crippen LogP contribution in [0.5, 0.6) is 0 Å². The van der Waals surface area contributed by atoms with Crippen molar-refractivity contribution in [2.24, 2.45) is 0 Å². The number of alkyl halides is 6. The summed E-state index contributed by atoms with van der Waals surface area (Å²) in [7, 11) is -8.60. The minimum absolute atomic E-state index is 0.0559. The fraction of sp³-hybridized carbons (Fsp3) is 1.00. The van der Waals surface area contributed by atoms with Gasteiger partial charge in [-0.3, -0.25) is 0 Å². The first-order chi connectivity index (χ1) is 18.6. The Hall–Kier alpha value is 0.0706. The van der Waals surface area contributed by atoms with Crippen molar-refractivity contribution in [1.82, 2.24) is 0 Å². The molecular weight excluding hydrogens is 599 g/mol. The van der Waals surface area contributed by atoms with Gasteiger partial charge in [0.15, 0.2) is 8.32 Å². The lowest BCUT2D eigenvalue weighted by atomic mass is 10.2. The van der Waals surface area contributed by atoms with Crippen molar-refractivity contribution in [2.75, 3.05) is 19.8 Å². The molecule has 1 N–H and O–H groups in total. The monoisotopic (exact) mass is 656 g/mol. The lowest BCUT2D eigenvalue weighted by molar-refractivity contribution is -0.133. The largest absolute Gasteiger partial charge is 0.412 e. The van der Waals surface area contributed by atoms with Crippen LogP contribution in [0.25, 0.3) is 0 Å². The summed E-state index contributed by atoms with van der Waals surface area (Å²) in [5.74, 6) is 0. The van der Waals surface area contributed by atoms with E-state index in [4.69, 9.17) is 18.7 Å². The summed E-state index contributed by atoms with van der Waals surface area (Å²) in [6.07, 6.45) is -6.57. The third-order valence-corrected chi connectivity index (χ3v) is 22.8. The van der Waals surface area contributed by atoms with Gasteiger partial charge in [-0.2, -0.15) is 26.3 Å². The second kappa shape index (κ2) is 17.0. The van der Waals surface area contributed by atoms with Gasteiger partial charge in [0.1, 0.15) is 0 Å². The van der Waals surface area contributed by atoms with Gasteiger partial charge in [-0.05, 0) is 64.3 Å². The van der Waals surface area contributed by atoms with Gasteiger partial charge in [0.05, 0.1) is 26.5 Å². The van der Waals surface area contributed by atoms with Crippen LogP contribution in [-0.2, 0) is 13.6 Å². The van der Waals surface area contributed by atoms with Crippen molar-refractivity contribution >= 4 is 24.7 Å². The Morgan fingerprint density at radius 1 is 0.634 bits per heavy atom. The van der Waals surface area contributed by atoms with Crippen LogP contribution in [0, 0.1) is 0 Å². The molecule has 0 amide bonds. The standard InChI is InChI=1S/C28H58F6O4Si3/c1-10-13-22-40(8,23-16-27(29,30)31)37-25(4,12-3)41(9,24-17-28(32,33)34)38-26(5,15-11-2)39(6,7)21-14-19-36-20-18-35/h35H,10-24H2,1-9H3. The average Bonchev–Trinajstić information content (AvgIpc) is 2.84. The third-order valence-electron chi connectivity index (χ3n) is 9.08. The molecular formula is C28H58F6O4Si3. The van der Waals surface area contributed by atoms with Crippen LogP contribution in [0.3, 0.4) is 0 Å². The first kappa shape index (κ1) is 41.1. The van der Waals surface area contributed by atoms with Crippen molar-refractivity contribution in [2.45, 2.75) is 159 Å². The van der Waals surface area contributed by atoms with Gasteiger partial charge in [-0.25, -0.2) is 0 Å². The van der Waals surface area contributed by atoms with Crippen LogP contribution in [-0.4, -0.2) is 72.4 Å². The van der Waals surface area contributed by atoms with E-state index in [0.29, 0.717) is 31.9 Å². The zero-order valence-corrected chi connectivity index (χ0v) is 30.0. The third kappa shape index (κ3) is 14.1. The molecule has 0 fully saturated rings. The smallest absolute Gasteiger partial charge is 0.388 e. The summed E-state index contributed by atoms with van der Waals surface area (Å²) in [5.41, 5.74) is 0. The molecule has 0 heterocycles. The second-order valence-corrected chi connectivity index (χ2v) is 26.8. The fourth-order valence-electron chi connectivity index (χ4n) is 5.63. The van der Waals surface area contributed by atoms with E-state index in [1.165, 1.54) is 0 Å². The molecule has 0 rings (SSSR count). The molecule has 4 nitrogen and oxygen atoms in total. The number of aliphatic hydroxyl groups excluding tert-OH is 1. The molecule has 0 spiro atoms. The van der Waals surface area contributed by atoms with Crippen LogP contribution in [0.15, 0.2) is 0 Å². The highest BCUT2D eigenvalue weighted by atomic mass is 28.4. The minimum atomic E-state index is -4.39. The maximum absolute atomic E-state index is 13.7. The van der Waals surface area contributed by atoms with Gasteiger partial charge in [-0.15, -0.1) is 0 Å². The predicted octanol–water partition coefficient (Wildman–Crippen LogP) is 9.79. The van der Waals surface area contributed by atoms with Crippen LogP contribution >= 0.6 is 0 Å². The molecule has 0 bridgehead atoms. The van der Waals surface area contributed by atoms with Gasteiger partial charge >= 0.3 is 12.4 Å². The Balaban J connectivity index is 6.60. The quantitative estimate of drug-likeness (QED) is 0.0716. The molecule has 0 saturated carbocycles. The average molecular weight is 657 g/mol. The summed E-state index contributed by atoms with van der Waals surface area (Å²) in [5, 5.41) is 7.25. The molecule has 0 aliphatic rings. The van der Waals surface area contributed by atoms with Gasteiger partial charge in [0.2, 0.25) is 8.32 Å². The predicted molar refractivity (Wildman–Crippen MR) is 163 cm³/mol. The van der Waals surface area contributed by atoms with Gasteiger partial charge in [0.25, 0.3) is 0 Å². The van der Waals surface area contributed by atoms with Crippen LogP contribution < -0.4 is 0 Å². The van der Waals surface area contributed by atoms with Crippen molar-refractivity contribution in [1.29, 1.82) is 0 Å². The molecule has 0 radical (unpaired) electrons. The Kier molecular flexibility index (Phi) is 17.0. The van der Waals surface area contributed by atoms with Crippen LogP contribution in [0.4, 0.5) is 26.3 Å². The molecule has 13 heteroatoms. The highest BCUT2D eigenvalue weighted by Gasteiger charge is 2.57. The molecule has 0 aliphatic heterocycles. The minimum Gasteiger partial charge on any atom is -0.412 e. The zero-order valence-electron chi connectivity index (χ0n) is 27.0. The van der Waals surface area contributed by atoms with E-state index in [1.807, 2.05) is 47.7 Å². The van der Waals surface area contributed by atoms with Gasteiger partial charge in [0, 0.05) is 24.7 Å². The number of halogens is 6. The van der Waals surface area contributed by atoms with E-state index < -0.39 is 60.4 Å². The Morgan fingerprint density at radius 2 is 1.20 bits per heavy atom. The van der Waals surface area contributed by atoms with Gasteiger partial charge < -0.3 is 18.7 Å². The number of hydrogen-bond donors (Lipinski definition) is 1. The Labute approximate surface area is 248 Å². The highest BCUT2D eigenvalue weighted by Crippen LogP contribution is 2.46. The highest BCUT2D eigenvalue weighted by molar-refractivity contribution is 6.83. The van der Waals surface area contributed by atoms with Crippen molar-refractivity contribution in [3.63, 3.8) is 0 Å². The van der Waals surface area contributed by atoms with E-state index in [9.17, 15) is 26.3 Å². The summed E-state index contributed by atoms with van der Waals surface area (Å²) >= 11 is 0. The van der Waals surface area contributed by atoms with E-state index >= 15 is 0 Å². The molecule has 0 aromatic heterocycles. The lowest BCUT2D eigenvalue weighted by Crippen LogP contribution is -2.68. The first-order valence-corrected chi connectivity index (χ1v) is 23.9. The number of aliphatic hydroxyl groups is 1. The number of ether oxygens (including phenoxy) is 1.